The van der Waals surface area contributed by atoms with Gasteiger partial charge in [-0.2, -0.15) is 21.6 Å². The first-order chi connectivity index (χ1) is 14.5. The summed E-state index contributed by atoms with van der Waals surface area (Å²) in [5, 5.41) is 0. The van der Waals surface area contributed by atoms with Crippen molar-refractivity contribution in [3.63, 3.8) is 0 Å². The van der Waals surface area contributed by atoms with E-state index in [1.165, 1.54) is 0 Å². The third kappa shape index (κ3) is 6.76. The third-order valence-electron chi connectivity index (χ3n) is 3.89. The van der Waals surface area contributed by atoms with Crippen molar-refractivity contribution in [1.29, 1.82) is 0 Å². The topological polar surface area (TPSA) is 107 Å². The molecular formula is C18H12Br3F3O7S. The van der Waals surface area contributed by atoms with Gasteiger partial charge in [0, 0.05) is 4.47 Å². The van der Waals surface area contributed by atoms with Gasteiger partial charge in [0.2, 0.25) is 5.60 Å². The Morgan fingerprint density at radius 1 is 0.969 bits per heavy atom. The second-order valence-corrected chi connectivity index (χ2v) is 10.6. The molecule has 1 unspecified atom stereocenters. The zero-order valence-electron chi connectivity index (χ0n) is 15.7. The van der Waals surface area contributed by atoms with Crippen LogP contribution in [0.4, 0.5) is 13.2 Å². The summed E-state index contributed by atoms with van der Waals surface area (Å²) >= 11 is 9.75. The van der Waals surface area contributed by atoms with Crippen molar-refractivity contribution in [3.05, 3.63) is 60.9 Å². The highest BCUT2D eigenvalue weighted by Crippen LogP contribution is 2.37. The molecule has 0 fully saturated rings. The predicted octanol–water partition coefficient (Wildman–Crippen LogP) is 5.56. The molecule has 1 atom stereocenters. The minimum atomic E-state index is -5.28. The van der Waals surface area contributed by atoms with Crippen molar-refractivity contribution in [2.75, 3.05) is 5.75 Å². The summed E-state index contributed by atoms with van der Waals surface area (Å²) in [6, 6.07) is 7.53. The number of halogens is 6. The van der Waals surface area contributed by atoms with E-state index in [0.29, 0.717) is 20.3 Å². The number of hydrogen-bond acceptors (Lipinski definition) is 6. The number of esters is 2. The van der Waals surface area contributed by atoms with E-state index in [9.17, 15) is 31.2 Å². The number of benzene rings is 2. The Morgan fingerprint density at radius 2 is 1.41 bits per heavy atom. The van der Waals surface area contributed by atoms with Gasteiger partial charge in [-0.3, -0.25) is 4.55 Å². The lowest BCUT2D eigenvalue weighted by atomic mass is 10.1. The van der Waals surface area contributed by atoms with Crippen LogP contribution in [-0.2, 0) is 14.9 Å². The quantitative estimate of drug-likeness (QED) is 0.244. The van der Waals surface area contributed by atoms with Crippen molar-refractivity contribution in [2.24, 2.45) is 0 Å². The first kappa shape index (κ1) is 26.8. The Hall–Kier alpha value is -1.48. The molecule has 32 heavy (non-hydrogen) atoms. The number of ether oxygens (including phenoxy) is 2. The van der Waals surface area contributed by atoms with Crippen LogP contribution < -0.4 is 4.74 Å². The van der Waals surface area contributed by atoms with Crippen LogP contribution in [-0.4, -0.2) is 42.4 Å². The Morgan fingerprint density at radius 3 is 1.81 bits per heavy atom. The molecule has 7 nitrogen and oxygen atoms in total. The van der Waals surface area contributed by atoms with Crippen LogP contribution >= 0.6 is 47.8 Å². The smallest absolute Gasteiger partial charge is 0.429 e. The molecule has 0 heterocycles. The van der Waals surface area contributed by atoms with Crippen LogP contribution in [0.2, 0.25) is 0 Å². The molecule has 0 radical (unpaired) electrons. The summed E-state index contributed by atoms with van der Waals surface area (Å²) in [6.45, 7) is 0.318. The van der Waals surface area contributed by atoms with Crippen LogP contribution in [0.15, 0.2) is 49.8 Å². The molecule has 174 valence electrons. The second-order valence-electron chi connectivity index (χ2n) is 6.51. The number of alkyl halides is 3. The fourth-order valence-electron chi connectivity index (χ4n) is 2.30. The maximum absolute atomic E-state index is 13.3. The lowest BCUT2D eigenvalue weighted by Crippen LogP contribution is -2.51. The van der Waals surface area contributed by atoms with E-state index >= 15 is 0 Å². The van der Waals surface area contributed by atoms with Crippen LogP contribution in [0.1, 0.15) is 27.6 Å². The molecule has 0 aliphatic rings. The van der Waals surface area contributed by atoms with Gasteiger partial charge in [0.05, 0.1) is 20.1 Å². The Balaban J connectivity index is 2.21. The standard InChI is InChI=1S/C18H12Br3F3O7S/c1-17(18(22,23)24,8-32(27,28)29)31-16(26)10-4-2-9(3-5-10)15(25)30-14-12(20)6-11(19)7-13(14)21/h2-7H,8H2,1H3,(H,27,28,29). The van der Waals surface area contributed by atoms with Crippen molar-refractivity contribution in [2.45, 2.75) is 18.7 Å². The highest BCUT2D eigenvalue weighted by molar-refractivity contribution is 9.11. The minimum Gasteiger partial charge on any atom is -0.445 e. The van der Waals surface area contributed by atoms with Crippen molar-refractivity contribution < 1.29 is 45.2 Å². The fourth-order valence-corrected chi connectivity index (χ4v) is 5.64. The normalized spacial score (nSPS) is 13.9. The van der Waals surface area contributed by atoms with E-state index < -0.39 is 45.2 Å². The molecule has 0 bridgehead atoms. The summed E-state index contributed by atoms with van der Waals surface area (Å²) in [7, 11) is -5.12. The molecule has 0 amide bonds. The molecule has 0 aliphatic carbocycles. The first-order valence-corrected chi connectivity index (χ1v) is 12.2. The van der Waals surface area contributed by atoms with E-state index in [1.807, 2.05) is 0 Å². The molecule has 14 heteroatoms. The summed E-state index contributed by atoms with van der Waals surface area (Å²) in [4.78, 5) is 24.5. The van der Waals surface area contributed by atoms with E-state index in [2.05, 4.69) is 52.5 Å². The molecule has 0 saturated heterocycles. The SMILES string of the molecule is CC(CS(=O)(=O)O)(OC(=O)c1ccc(C(=O)Oc2c(Br)cc(Br)cc2Br)cc1)C(F)(F)F. The van der Waals surface area contributed by atoms with Gasteiger partial charge in [-0.15, -0.1) is 0 Å². The monoisotopic (exact) mass is 666 g/mol. The van der Waals surface area contributed by atoms with Crippen LogP contribution in [0.3, 0.4) is 0 Å². The summed E-state index contributed by atoms with van der Waals surface area (Å²) in [5.74, 6) is -4.03. The van der Waals surface area contributed by atoms with Gasteiger partial charge in [0.1, 0.15) is 5.75 Å². The Kier molecular flexibility index (Phi) is 8.19. The Bertz CT molecular complexity index is 1130. The Labute approximate surface area is 205 Å². The van der Waals surface area contributed by atoms with Crippen LogP contribution in [0.5, 0.6) is 5.75 Å². The molecule has 0 saturated carbocycles. The van der Waals surface area contributed by atoms with Gasteiger partial charge in [0.25, 0.3) is 10.1 Å². The van der Waals surface area contributed by atoms with Crippen molar-refractivity contribution in [1.82, 2.24) is 0 Å². The first-order valence-electron chi connectivity index (χ1n) is 8.24. The maximum atomic E-state index is 13.3. The summed E-state index contributed by atoms with van der Waals surface area (Å²) < 4.78 is 81.7. The molecule has 2 aromatic rings. The lowest BCUT2D eigenvalue weighted by molar-refractivity contribution is -0.243. The van der Waals surface area contributed by atoms with Gasteiger partial charge in [0.15, 0.2) is 5.75 Å². The lowest BCUT2D eigenvalue weighted by Gasteiger charge is -2.30. The third-order valence-corrected chi connectivity index (χ3v) is 6.44. The second kappa shape index (κ2) is 9.79. The largest absolute Gasteiger partial charge is 0.445 e. The molecule has 0 spiro atoms. The molecule has 2 aromatic carbocycles. The van der Waals surface area contributed by atoms with Crippen molar-refractivity contribution in [3.8, 4) is 5.75 Å². The number of carbonyl (C=O) groups is 2. The molecule has 0 aliphatic heterocycles. The zero-order chi connectivity index (χ0) is 24.5. The van der Waals surface area contributed by atoms with Crippen LogP contribution in [0.25, 0.3) is 0 Å². The van der Waals surface area contributed by atoms with Gasteiger partial charge >= 0.3 is 18.1 Å². The van der Waals surface area contributed by atoms with Gasteiger partial charge in [-0.05, 0) is 75.2 Å². The average Bonchev–Trinajstić information content (AvgIpc) is 2.62. The summed E-state index contributed by atoms with van der Waals surface area (Å²) in [5.41, 5.74) is -3.91. The van der Waals surface area contributed by atoms with Crippen molar-refractivity contribution >= 4 is 69.8 Å². The minimum absolute atomic E-state index is 0.0280. The average molecular weight is 669 g/mol. The molecule has 0 aromatic heterocycles. The highest BCUT2D eigenvalue weighted by atomic mass is 79.9. The van der Waals surface area contributed by atoms with Crippen LogP contribution in [0, 0.1) is 0 Å². The van der Waals surface area contributed by atoms with Gasteiger partial charge < -0.3 is 9.47 Å². The van der Waals surface area contributed by atoms with E-state index in [4.69, 9.17) is 9.29 Å². The van der Waals surface area contributed by atoms with Gasteiger partial charge in [-0.25, -0.2) is 9.59 Å². The molecule has 1 N–H and O–H groups in total. The number of carbonyl (C=O) groups excluding carboxylic acids is 2. The highest BCUT2D eigenvalue weighted by Gasteiger charge is 2.57. The van der Waals surface area contributed by atoms with E-state index in [1.54, 1.807) is 12.1 Å². The maximum Gasteiger partial charge on any atom is 0.429 e. The molecule has 2 rings (SSSR count). The van der Waals surface area contributed by atoms with E-state index in [0.717, 1.165) is 24.3 Å². The van der Waals surface area contributed by atoms with Gasteiger partial charge in [-0.1, -0.05) is 15.9 Å². The fraction of sp³-hybridized carbons (Fsp3) is 0.222. The molecular weight excluding hydrogens is 657 g/mol. The summed E-state index contributed by atoms with van der Waals surface area (Å²) in [6.07, 6.45) is -5.28. The predicted molar refractivity (Wildman–Crippen MR) is 117 cm³/mol. The number of hydrogen-bond donors (Lipinski definition) is 1. The number of rotatable bonds is 6. The van der Waals surface area contributed by atoms with E-state index in [-0.39, 0.29) is 11.3 Å². The zero-order valence-corrected chi connectivity index (χ0v) is 21.3.